The van der Waals surface area contributed by atoms with Crippen molar-refractivity contribution in [2.75, 3.05) is 13.7 Å². The number of carbonyl (C=O) groups is 1. The van der Waals surface area contributed by atoms with Gasteiger partial charge in [-0.05, 0) is 29.7 Å². The highest BCUT2D eigenvalue weighted by Gasteiger charge is 2.06. The van der Waals surface area contributed by atoms with Crippen LogP contribution in [-0.4, -0.2) is 30.8 Å². The number of ether oxygens (including phenoxy) is 2. The molecule has 2 aromatic carbocycles. The summed E-state index contributed by atoms with van der Waals surface area (Å²) in [6, 6.07) is 16.1. The van der Waals surface area contributed by atoms with Crippen molar-refractivity contribution in [3.8, 4) is 11.5 Å². The van der Waals surface area contributed by atoms with E-state index in [1.54, 1.807) is 30.3 Å². The zero-order valence-corrected chi connectivity index (χ0v) is 14.1. The van der Waals surface area contributed by atoms with Gasteiger partial charge in [-0.2, -0.15) is 5.10 Å². The molecule has 0 saturated carbocycles. The van der Waals surface area contributed by atoms with Gasteiger partial charge in [0.25, 0.3) is 11.5 Å². The molecule has 0 aliphatic rings. The number of hydrogen-bond donors (Lipinski definition) is 2. The molecule has 1 amide bonds. The summed E-state index contributed by atoms with van der Waals surface area (Å²) in [5.41, 5.74) is 3.12. The number of hydrogen-bond acceptors (Lipinski definition) is 5. The number of para-hydroxylation sites is 3. The van der Waals surface area contributed by atoms with Crippen LogP contribution in [0.25, 0.3) is 10.9 Å². The predicted molar refractivity (Wildman–Crippen MR) is 98.8 cm³/mol. The van der Waals surface area contributed by atoms with E-state index >= 15 is 0 Å². The Morgan fingerprint density at radius 2 is 1.88 bits per heavy atom. The summed E-state index contributed by atoms with van der Waals surface area (Å²) in [4.78, 5) is 26.6. The number of hydrazone groups is 1. The van der Waals surface area contributed by atoms with Crippen molar-refractivity contribution in [1.29, 1.82) is 0 Å². The first kappa shape index (κ1) is 17.2. The Hall–Kier alpha value is -3.61. The van der Waals surface area contributed by atoms with Crippen LogP contribution in [0, 0.1) is 0 Å². The van der Waals surface area contributed by atoms with Crippen molar-refractivity contribution >= 4 is 23.0 Å². The molecule has 0 saturated heterocycles. The Morgan fingerprint density at radius 3 is 2.69 bits per heavy atom. The molecule has 0 spiro atoms. The summed E-state index contributed by atoms with van der Waals surface area (Å²) in [5, 5.41) is 4.68. The SMILES string of the molecule is COc1ccccc1OCC(=O)N/N=C\c1cc2ccccc2[nH]c1=O. The predicted octanol–water partition coefficient (Wildman–Crippen LogP) is 2.07. The average molecular weight is 351 g/mol. The number of benzene rings is 2. The molecule has 1 heterocycles. The molecular formula is C19H17N3O4. The van der Waals surface area contributed by atoms with E-state index < -0.39 is 5.91 Å². The molecule has 0 atom stereocenters. The van der Waals surface area contributed by atoms with Crippen molar-refractivity contribution in [2.45, 2.75) is 0 Å². The van der Waals surface area contributed by atoms with Crippen LogP contribution in [0.4, 0.5) is 0 Å². The maximum absolute atomic E-state index is 12.0. The zero-order chi connectivity index (χ0) is 18.4. The summed E-state index contributed by atoms with van der Waals surface area (Å²) in [5.74, 6) is 0.538. The number of aromatic nitrogens is 1. The number of rotatable bonds is 6. The van der Waals surface area contributed by atoms with Gasteiger partial charge in [0.1, 0.15) is 0 Å². The molecule has 26 heavy (non-hydrogen) atoms. The highest BCUT2D eigenvalue weighted by atomic mass is 16.5. The standard InChI is InChI=1S/C19H17N3O4/c1-25-16-8-4-5-9-17(16)26-12-18(23)22-20-11-14-10-13-6-2-3-7-15(13)21-19(14)24/h2-11H,12H2,1H3,(H,21,24)(H,22,23)/b20-11-. The monoisotopic (exact) mass is 351 g/mol. The van der Waals surface area contributed by atoms with Crippen LogP contribution < -0.4 is 20.5 Å². The molecular weight excluding hydrogens is 334 g/mol. The van der Waals surface area contributed by atoms with E-state index in [9.17, 15) is 9.59 Å². The minimum atomic E-state index is -0.454. The number of carbonyl (C=O) groups excluding carboxylic acids is 1. The summed E-state index contributed by atoms with van der Waals surface area (Å²) in [7, 11) is 1.52. The molecule has 0 unspecified atom stereocenters. The molecule has 0 aliphatic carbocycles. The van der Waals surface area contributed by atoms with Gasteiger partial charge in [0.2, 0.25) is 0 Å². The molecule has 0 fully saturated rings. The van der Waals surface area contributed by atoms with E-state index in [4.69, 9.17) is 9.47 Å². The maximum atomic E-state index is 12.0. The van der Waals surface area contributed by atoms with Crippen molar-refractivity contribution in [2.24, 2.45) is 5.10 Å². The topological polar surface area (TPSA) is 92.8 Å². The molecule has 132 valence electrons. The summed E-state index contributed by atoms with van der Waals surface area (Å²) in [6.07, 6.45) is 1.30. The van der Waals surface area contributed by atoms with Gasteiger partial charge in [0.15, 0.2) is 18.1 Å². The number of H-pyrrole nitrogens is 1. The third-order valence-electron chi connectivity index (χ3n) is 3.60. The molecule has 3 aromatic rings. The largest absolute Gasteiger partial charge is 0.493 e. The fourth-order valence-corrected chi connectivity index (χ4v) is 2.35. The van der Waals surface area contributed by atoms with Crippen molar-refractivity contribution in [3.63, 3.8) is 0 Å². The van der Waals surface area contributed by atoms with Gasteiger partial charge in [0.05, 0.1) is 18.9 Å². The van der Waals surface area contributed by atoms with Gasteiger partial charge in [-0.15, -0.1) is 0 Å². The Balaban J connectivity index is 1.61. The third-order valence-corrected chi connectivity index (χ3v) is 3.60. The summed E-state index contributed by atoms with van der Waals surface area (Å²) >= 11 is 0. The minimum absolute atomic E-state index is 0.230. The molecule has 0 aliphatic heterocycles. The first-order valence-electron chi connectivity index (χ1n) is 7.87. The fourth-order valence-electron chi connectivity index (χ4n) is 2.35. The minimum Gasteiger partial charge on any atom is -0.493 e. The van der Waals surface area contributed by atoms with E-state index in [1.807, 2.05) is 24.3 Å². The Labute approximate surface area is 149 Å². The van der Waals surface area contributed by atoms with E-state index in [-0.39, 0.29) is 12.2 Å². The van der Waals surface area contributed by atoms with Crippen molar-refractivity contribution in [3.05, 3.63) is 70.5 Å². The second kappa shape index (κ2) is 7.98. The average Bonchev–Trinajstić information content (AvgIpc) is 2.67. The van der Waals surface area contributed by atoms with Gasteiger partial charge < -0.3 is 14.5 Å². The van der Waals surface area contributed by atoms with Crippen LogP contribution >= 0.6 is 0 Å². The smallest absolute Gasteiger partial charge is 0.277 e. The second-order valence-corrected chi connectivity index (χ2v) is 5.37. The first-order chi connectivity index (χ1) is 12.7. The highest BCUT2D eigenvalue weighted by molar-refractivity contribution is 5.88. The van der Waals surface area contributed by atoms with Gasteiger partial charge in [-0.3, -0.25) is 9.59 Å². The van der Waals surface area contributed by atoms with Crippen LogP contribution in [0.5, 0.6) is 11.5 Å². The van der Waals surface area contributed by atoms with E-state index in [0.29, 0.717) is 17.1 Å². The molecule has 0 bridgehead atoms. The lowest BCUT2D eigenvalue weighted by atomic mass is 10.2. The van der Waals surface area contributed by atoms with Crippen LogP contribution in [-0.2, 0) is 4.79 Å². The number of nitrogens with zero attached hydrogens (tertiary/aromatic N) is 1. The van der Waals surface area contributed by atoms with Crippen LogP contribution in [0.3, 0.4) is 0 Å². The summed E-state index contributed by atoms with van der Waals surface area (Å²) < 4.78 is 10.5. The van der Waals surface area contributed by atoms with Gasteiger partial charge in [0, 0.05) is 5.52 Å². The molecule has 2 N–H and O–H groups in total. The number of nitrogens with one attached hydrogen (secondary N) is 2. The molecule has 7 heteroatoms. The van der Waals surface area contributed by atoms with E-state index in [2.05, 4.69) is 15.5 Å². The number of pyridine rings is 1. The molecule has 7 nitrogen and oxygen atoms in total. The quantitative estimate of drug-likeness (QED) is 0.525. The van der Waals surface area contributed by atoms with Crippen LogP contribution in [0.2, 0.25) is 0 Å². The van der Waals surface area contributed by atoms with Gasteiger partial charge in [-0.25, -0.2) is 5.43 Å². The number of methoxy groups -OCH3 is 1. The van der Waals surface area contributed by atoms with E-state index in [0.717, 1.165) is 10.9 Å². The molecule has 0 radical (unpaired) electrons. The molecule has 1 aromatic heterocycles. The van der Waals surface area contributed by atoms with Crippen LogP contribution in [0.15, 0.2) is 64.5 Å². The number of amides is 1. The zero-order valence-electron chi connectivity index (χ0n) is 14.1. The number of aromatic amines is 1. The Morgan fingerprint density at radius 1 is 1.15 bits per heavy atom. The Bertz CT molecular complexity index is 1010. The van der Waals surface area contributed by atoms with Gasteiger partial charge >= 0.3 is 0 Å². The van der Waals surface area contributed by atoms with E-state index in [1.165, 1.54) is 13.3 Å². The lowest BCUT2D eigenvalue weighted by Crippen LogP contribution is -2.25. The normalized spacial score (nSPS) is 10.8. The van der Waals surface area contributed by atoms with Crippen LogP contribution in [0.1, 0.15) is 5.56 Å². The van der Waals surface area contributed by atoms with Gasteiger partial charge in [-0.1, -0.05) is 30.3 Å². The third kappa shape index (κ3) is 4.07. The maximum Gasteiger partial charge on any atom is 0.277 e. The Kier molecular flexibility index (Phi) is 5.28. The lowest BCUT2D eigenvalue weighted by Gasteiger charge is -2.09. The fraction of sp³-hybridized carbons (Fsp3) is 0.105. The first-order valence-corrected chi connectivity index (χ1v) is 7.87. The molecule has 3 rings (SSSR count). The lowest BCUT2D eigenvalue weighted by molar-refractivity contribution is -0.123. The number of fused-ring (bicyclic) bond motifs is 1. The second-order valence-electron chi connectivity index (χ2n) is 5.37. The van der Waals surface area contributed by atoms with Crippen molar-refractivity contribution < 1.29 is 14.3 Å². The highest BCUT2D eigenvalue weighted by Crippen LogP contribution is 2.25. The van der Waals surface area contributed by atoms with Crippen molar-refractivity contribution in [1.82, 2.24) is 10.4 Å². The summed E-state index contributed by atoms with van der Waals surface area (Å²) in [6.45, 7) is -0.230.